The van der Waals surface area contributed by atoms with Crippen LogP contribution in [0.4, 0.5) is 4.39 Å². The van der Waals surface area contributed by atoms with E-state index in [0.29, 0.717) is 19.7 Å². The van der Waals surface area contributed by atoms with Crippen LogP contribution in [0.5, 0.6) is 11.5 Å². The average molecular weight is 275 g/mol. The van der Waals surface area contributed by atoms with Gasteiger partial charge in [0.2, 0.25) is 0 Å². The minimum atomic E-state index is -0.211. The zero-order valence-electron chi connectivity index (χ0n) is 11.4. The van der Waals surface area contributed by atoms with Gasteiger partial charge in [-0.25, -0.2) is 4.39 Å². The van der Waals surface area contributed by atoms with Crippen molar-refractivity contribution in [2.75, 3.05) is 20.3 Å². The van der Waals surface area contributed by atoms with Gasteiger partial charge >= 0.3 is 0 Å². The molecule has 20 heavy (non-hydrogen) atoms. The fourth-order valence-electron chi connectivity index (χ4n) is 1.81. The molecular weight excluding hydrogens is 257 g/mol. The Morgan fingerprint density at radius 3 is 2.65 bits per heavy atom. The van der Waals surface area contributed by atoms with Crippen molar-refractivity contribution in [3.63, 3.8) is 0 Å². The van der Waals surface area contributed by atoms with Crippen LogP contribution in [0, 0.1) is 5.82 Å². The Bertz CT molecular complexity index is 546. The third-order valence-corrected chi connectivity index (χ3v) is 2.81. The van der Waals surface area contributed by atoms with Gasteiger partial charge in [0.25, 0.3) is 0 Å². The molecule has 0 spiro atoms. The molecule has 0 fully saturated rings. The normalized spacial score (nSPS) is 10.3. The summed E-state index contributed by atoms with van der Waals surface area (Å²) in [6.07, 6.45) is 0. The molecule has 1 N–H and O–H groups in total. The van der Waals surface area contributed by atoms with Crippen molar-refractivity contribution in [3.05, 3.63) is 59.9 Å². The lowest BCUT2D eigenvalue weighted by Crippen LogP contribution is -2.20. The average Bonchev–Trinajstić information content (AvgIpc) is 2.47. The second kappa shape index (κ2) is 7.50. The van der Waals surface area contributed by atoms with Gasteiger partial charge in [-0.3, -0.25) is 0 Å². The predicted molar refractivity (Wildman–Crippen MR) is 76.6 cm³/mol. The monoisotopic (exact) mass is 275 g/mol. The van der Waals surface area contributed by atoms with E-state index in [9.17, 15) is 4.39 Å². The standard InChI is InChI=1S/C16H18FNO2/c1-19-15-6-3-7-16(11-15)20-9-8-18-12-13-4-2-5-14(17)10-13/h2-7,10-11,18H,8-9,12H2,1H3. The first kappa shape index (κ1) is 14.3. The first-order chi connectivity index (χ1) is 9.78. The molecule has 3 nitrogen and oxygen atoms in total. The van der Waals surface area contributed by atoms with Crippen LogP contribution in [0.15, 0.2) is 48.5 Å². The molecule has 0 amide bonds. The summed E-state index contributed by atoms with van der Waals surface area (Å²) in [6, 6.07) is 14.0. The Kier molecular flexibility index (Phi) is 5.38. The number of halogens is 1. The van der Waals surface area contributed by atoms with Crippen molar-refractivity contribution in [2.45, 2.75) is 6.54 Å². The minimum absolute atomic E-state index is 0.211. The molecule has 106 valence electrons. The van der Waals surface area contributed by atoms with E-state index in [2.05, 4.69) is 5.32 Å². The lowest BCUT2D eigenvalue weighted by molar-refractivity contribution is 0.311. The number of methoxy groups -OCH3 is 1. The summed E-state index contributed by atoms with van der Waals surface area (Å²) in [5.74, 6) is 1.34. The highest BCUT2D eigenvalue weighted by atomic mass is 19.1. The Labute approximate surface area is 118 Å². The first-order valence-corrected chi connectivity index (χ1v) is 6.50. The van der Waals surface area contributed by atoms with Crippen LogP contribution < -0.4 is 14.8 Å². The molecule has 0 aliphatic rings. The molecule has 0 atom stereocenters. The molecule has 0 heterocycles. The summed E-state index contributed by atoms with van der Waals surface area (Å²) in [5.41, 5.74) is 0.923. The Balaban J connectivity index is 1.68. The van der Waals surface area contributed by atoms with Crippen LogP contribution in [0.1, 0.15) is 5.56 Å². The highest BCUT2D eigenvalue weighted by Crippen LogP contribution is 2.18. The summed E-state index contributed by atoms with van der Waals surface area (Å²) in [7, 11) is 1.62. The lowest BCUT2D eigenvalue weighted by atomic mass is 10.2. The zero-order valence-corrected chi connectivity index (χ0v) is 11.4. The van der Waals surface area contributed by atoms with Crippen LogP contribution in [0.25, 0.3) is 0 Å². The molecular formula is C16H18FNO2. The highest BCUT2D eigenvalue weighted by Gasteiger charge is 1.97. The number of benzene rings is 2. The van der Waals surface area contributed by atoms with Crippen molar-refractivity contribution in [3.8, 4) is 11.5 Å². The lowest BCUT2D eigenvalue weighted by Gasteiger charge is -2.08. The second-order valence-electron chi connectivity index (χ2n) is 4.33. The van der Waals surface area contributed by atoms with Crippen molar-refractivity contribution in [1.82, 2.24) is 5.32 Å². The van der Waals surface area contributed by atoms with E-state index in [4.69, 9.17) is 9.47 Å². The van der Waals surface area contributed by atoms with Crippen molar-refractivity contribution >= 4 is 0 Å². The van der Waals surface area contributed by atoms with Crippen LogP contribution in [-0.2, 0) is 6.54 Å². The highest BCUT2D eigenvalue weighted by molar-refractivity contribution is 5.32. The van der Waals surface area contributed by atoms with Gasteiger partial charge in [0.1, 0.15) is 23.9 Å². The van der Waals surface area contributed by atoms with Crippen molar-refractivity contribution in [1.29, 1.82) is 0 Å². The topological polar surface area (TPSA) is 30.5 Å². The van der Waals surface area contributed by atoms with Gasteiger partial charge in [-0.2, -0.15) is 0 Å². The maximum atomic E-state index is 13.0. The second-order valence-corrected chi connectivity index (χ2v) is 4.33. The van der Waals surface area contributed by atoms with Crippen molar-refractivity contribution in [2.24, 2.45) is 0 Å². The predicted octanol–water partition coefficient (Wildman–Crippen LogP) is 3.00. The molecule has 2 rings (SSSR count). The molecule has 0 radical (unpaired) electrons. The van der Waals surface area contributed by atoms with E-state index in [1.807, 2.05) is 30.3 Å². The molecule has 4 heteroatoms. The van der Waals surface area contributed by atoms with E-state index in [0.717, 1.165) is 17.1 Å². The Morgan fingerprint density at radius 1 is 1.05 bits per heavy atom. The molecule has 0 aliphatic carbocycles. The first-order valence-electron chi connectivity index (χ1n) is 6.50. The van der Waals surface area contributed by atoms with E-state index >= 15 is 0 Å². The number of hydrogen-bond donors (Lipinski definition) is 1. The van der Waals surface area contributed by atoms with Gasteiger partial charge in [-0.05, 0) is 29.8 Å². The molecule has 0 bridgehead atoms. The zero-order chi connectivity index (χ0) is 14.2. The molecule has 0 saturated heterocycles. The summed E-state index contributed by atoms with van der Waals surface area (Å²) < 4.78 is 23.7. The van der Waals surface area contributed by atoms with Gasteiger partial charge in [0.05, 0.1) is 7.11 Å². The van der Waals surface area contributed by atoms with Crippen LogP contribution >= 0.6 is 0 Å². The molecule has 0 aliphatic heterocycles. The van der Waals surface area contributed by atoms with Gasteiger partial charge < -0.3 is 14.8 Å². The maximum Gasteiger partial charge on any atom is 0.123 e. The summed E-state index contributed by atoms with van der Waals surface area (Å²) in [6.45, 7) is 1.86. The molecule has 0 saturated carbocycles. The fourth-order valence-corrected chi connectivity index (χ4v) is 1.81. The largest absolute Gasteiger partial charge is 0.497 e. The van der Waals surface area contributed by atoms with Crippen molar-refractivity contribution < 1.29 is 13.9 Å². The maximum absolute atomic E-state index is 13.0. The van der Waals surface area contributed by atoms with Crippen LogP contribution in [0.3, 0.4) is 0 Å². The van der Waals surface area contributed by atoms with Gasteiger partial charge in [0.15, 0.2) is 0 Å². The van der Waals surface area contributed by atoms with E-state index in [1.54, 1.807) is 13.2 Å². The third-order valence-electron chi connectivity index (χ3n) is 2.81. The van der Waals surface area contributed by atoms with Gasteiger partial charge in [-0.15, -0.1) is 0 Å². The summed E-state index contributed by atoms with van der Waals surface area (Å²) in [5, 5.41) is 3.20. The molecule has 2 aromatic carbocycles. The molecule has 2 aromatic rings. The van der Waals surface area contributed by atoms with E-state index in [-0.39, 0.29) is 5.82 Å². The number of rotatable bonds is 7. The fraction of sp³-hybridized carbons (Fsp3) is 0.250. The van der Waals surface area contributed by atoms with E-state index < -0.39 is 0 Å². The number of hydrogen-bond acceptors (Lipinski definition) is 3. The summed E-state index contributed by atoms with van der Waals surface area (Å²) >= 11 is 0. The Morgan fingerprint density at radius 2 is 1.85 bits per heavy atom. The summed E-state index contributed by atoms with van der Waals surface area (Å²) in [4.78, 5) is 0. The van der Waals surface area contributed by atoms with Gasteiger partial charge in [-0.1, -0.05) is 18.2 Å². The number of nitrogens with one attached hydrogen (secondary N) is 1. The quantitative estimate of drug-likeness (QED) is 0.788. The van der Waals surface area contributed by atoms with Crippen LogP contribution in [0.2, 0.25) is 0 Å². The van der Waals surface area contributed by atoms with Crippen LogP contribution in [-0.4, -0.2) is 20.3 Å². The SMILES string of the molecule is COc1cccc(OCCNCc2cccc(F)c2)c1. The minimum Gasteiger partial charge on any atom is -0.497 e. The smallest absolute Gasteiger partial charge is 0.123 e. The van der Waals surface area contributed by atoms with Gasteiger partial charge in [0, 0.05) is 19.2 Å². The van der Waals surface area contributed by atoms with E-state index in [1.165, 1.54) is 12.1 Å². The Hall–Kier alpha value is -2.07. The number of ether oxygens (including phenoxy) is 2. The molecule has 0 aromatic heterocycles. The molecule has 0 unspecified atom stereocenters. The third kappa shape index (κ3) is 4.55.